The Hall–Kier alpha value is -1.47. The van der Waals surface area contributed by atoms with Gasteiger partial charge >= 0.3 is 0 Å². The first kappa shape index (κ1) is 16.0. The Morgan fingerprint density at radius 2 is 1.92 bits per heavy atom. The molecule has 2 saturated heterocycles. The average molecular weight is 364 g/mol. The molecule has 1 amide bonds. The summed E-state index contributed by atoms with van der Waals surface area (Å²) < 4.78 is 24.8. The maximum atomic E-state index is 13.0. The van der Waals surface area contributed by atoms with Crippen LogP contribution in [0.2, 0.25) is 0 Å². The Bertz CT molecular complexity index is 905. The van der Waals surface area contributed by atoms with Gasteiger partial charge < -0.3 is 4.90 Å². The summed E-state index contributed by atoms with van der Waals surface area (Å²) >= 11 is 1.59. The number of hydrogen-bond acceptors (Lipinski definition) is 5. The molecule has 2 fully saturated rings. The van der Waals surface area contributed by atoms with Crippen LogP contribution in [0.25, 0.3) is 10.2 Å². The van der Waals surface area contributed by atoms with Gasteiger partial charge in [0.1, 0.15) is 9.84 Å². The molecule has 2 aliphatic rings. The van der Waals surface area contributed by atoms with E-state index in [2.05, 4.69) is 4.98 Å². The van der Waals surface area contributed by atoms with Crippen LogP contribution in [-0.2, 0) is 9.84 Å². The lowest BCUT2D eigenvalue weighted by atomic mass is 10.0. The molecule has 7 heteroatoms. The molecule has 0 saturated carbocycles. The number of amides is 1. The Morgan fingerprint density at radius 3 is 2.54 bits per heavy atom. The number of piperidine rings is 1. The van der Waals surface area contributed by atoms with Crippen molar-refractivity contribution in [2.75, 3.05) is 6.26 Å². The van der Waals surface area contributed by atoms with Gasteiger partial charge in [-0.1, -0.05) is 0 Å². The molecule has 1 aromatic heterocycles. The van der Waals surface area contributed by atoms with Gasteiger partial charge in [0.15, 0.2) is 0 Å². The minimum absolute atomic E-state index is 0.0300. The van der Waals surface area contributed by atoms with Crippen molar-refractivity contribution in [2.24, 2.45) is 0 Å². The summed E-state index contributed by atoms with van der Waals surface area (Å²) in [6.45, 7) is 1.96. The Kier molecular flexibility index (Phi) is 3.69. The van der Waals surface area contributed by atoms with Crippen LogP contribution in [0, 0.1) is 6.92 Å². The zero-order chi connectivity index (χ0) is 17.1. The molecule has 0 aliphatic carbocycles. The molecule has 0 N–H and O–H groups in total. The molecule has 128 valence electrons. The molecule has 0 spiro atoms. The first-order valence-corrected chi connectivity index (χ1v) is 11.0. The molecule has 2 aromatic rings. The van der Waals surface area contributed by atoms with E-state index in [0.717, 1.165) is 28.1 Å². The molecule has 5 nitrogen and oxygen atoms in total. The number of rotatable bonds is 2. The molecule has 24 heavy (non-hydrogen) atoms. The number of fused-ring (bicyclic) bond motifs is 3. The number of nitrogens with zero attached hydrogens (tertiary/aromatic N) is 2. The fourth-order valence-corrected chi connectivity index (χ4v) is 6.14. The summed E-state index contributed by atoms with van der Waals surface area (Å²) in [5, 5.41) is 0.689. The lowest BCUT2D eigenvalue weighted by molar-refractivity contribution is 0.0598. The zero-order valence-corrected chi connectivity index (χ0v) is 15.4. The zero-order valence-electron chi connectivity index (χ0n) is 13.7. The molecular formula is C17H20N2O3S2. The number of aromatic nitrogens is 1. The van der Waals surface area contributed by atoms with Gasteiger partial charge in [0.2, 0.25) is 0 Å². The highest BCUT2D eigenvalue weighted by Crippen LogP contribution is 2.39. The molecule has 1 aromatic carbocycles. The predicted octanol–water partition coefficient (Wildman–Crippen LogP) is 2.78. The van der Waals surface area contributed by atoms with E-state index in [1.165, 1.54) is 6.26 Å². The number of carbonyl (C=O) groups excluding carboxylic acids is 1. The minimum atomic E-state index is -3.04. The standard InChI is InChI=1S/C17H20N2O3S2/c1-10-18-15-6-3-11(7-16(15)23-10)17(20)19-12-4-5-13(19)9-14(8-12)24(2,21)22/h3,6-7,12-14H,4-5,8-9H2,1-2H3. The normalized spacial score (nSPS) is 26.9. The summed E-state index contributed by atoms with van der Waals surface area (Å²) in [5.41, 5.74) is 1.61. The van der Waals surface area contributed by atoms with Crippen LogP contribution < -0.4 is 0 Å². The van der Waals surface area contributed by atoms with E-state index >= 15 is 0 Å². The van der Waals surface area contributed by atoms with Gasteiger partial charge in [-0.05, 0) is 50.8 Å². The monoisotopic (exact) mass is 364 g/mol. The van der Waals surface area contributed by atoms with Crippen LogP contribution in [0.1, 0.15) is 41.0 Å². The van der Waals surface area contributed by atoms with Gasteiger partial charge in [-0.15, -0.1) is 11.3 Å². The number of sulfone groups is 1. The highest BCUT2D eigenvalue weighted by molar-refractivity contribution is 7.91. The molecular weight excluding hydrogens is 344 g/mol. The highest BCUT2D eigenvalue weighted by atomic mass is 32.2. The molecule has 4 rings (SSSR count). The smallest absolute Gasteiger partial charge is 0.254 e. The van der Waals surface area contributed by atoms with Crippen LogP contribution in [0.15, 0.2) is 18.2 Å². The lowest BCUT2D eigenvalue weighted by Gasteiger charge is -2.38. The molecule has 2 unspecified atom stereocenters. The average Bonchev–Trinajstić information content (AvgIpc) is 3.00. The summed E-state index contributed by atoms with van der Waals surface area (Å²) in [6.07, 6.45) is 4.27. The van der Waals surface area contributed by atoms with Crippen LogP contribution in [0.5, 0.6) is 0 Å². The van der Waals surface area contributed by atoms with Crippen molar-refractivity contribution in [1.29, 1.82) is 0 Å². The maximum absolute atomic E-state index is 13.0. The van der Waals surface area contributed by atoms with Crippen LogP contribution in [0.4, 0.5) is 0 Å². The van der Waals surface area contributed by atoms with Crippen molar-refractivity contribution in [3.05, 3.63) is 28.8 Å². The molecule has 0 radical (unpaired) electrons. The van der Waals surface area contributed by atoms with Crippen LogP contribution >= 0.6 is 11.3 Å². The number of carbonyl (C=O) groups is 1. The second kappa shape index (κ2) is 5.52. The summed E-state index contributed by atoms with van der Waals surface area (Å²) in [4.78, 5) is 19.4. The number of benzene rings is 1. The fraction of sp³-hybridized carbons (Fsp3) is 0.529. The molecule has 3 heterocycles. The summed E-state index contributed by atoms with van der Waals surface area (Å²) in [6, 6.07) is 5.76. The van der Waals surface area contributed by atoms with Gasteiger partial charge in [-0.25, -0.2) is 13.4 Å². The van der Waals surface area contributed by atoms with E-state index in [0.29, 0.717) is 18.4 Å². The lowest BCUT2D eigenvalue weighted by Crippen LogP contribution is -2.49. The number of hydrogen-bond donors (Lipinski definition) is 0. The quantitative estimate of drug-likeness (QED) is 0.822. The number of thiazole rings is 1. The Balaban J connectivity index is 1.62. The van der Waals surface area contributed by atoms with Crippen LogP contribution in [0.3, 0.4) is 0 Å². The summed E-state index contributed by atoms with van der Waals surface area (Å²) in [7, 11) is -3.04. The van der Waals surface area contributed by atoms with E-state index in [-0.39, 0.29) is 23.2 Å². The van der Waals surface area contributed by atoms with Gasteiger partial charge in [0.05, 0.1) is 20.5 Å². The number of aryl methyl sites for hydroxylation is 1. The predicted molar refractivity (Wildman–Crippen MR) is 95.2 cm³/mol. The van der Waals surface area contributed by atoms with E-state index in [1.54, 1.807) is 11.3 Å². The molecule has 2 atom stereocenters. The maximum Gasteiger partial charge on any atom is 0.254 e. The first-order valence-electron chi connectivity index (χ1n) is 8.21. The Morgan fingerprint density at radius 1 is 1.25 bits per heavy atom. The third kappa shape index (κ3) is 2.63. The Labute approximate surface area is 145 Å². The van der Waals surface area contributed by atoms with Gasteiger partial charge in [-0.3, -0.25) is 4.79 Å². The highest BCUT2D eigenvalue weighted by Gasteiger charge is 2.46. The fourth-order valence-electron chi connectivity index (χ4n) is 4.13. The van der Waals surface area contributed by atoms with E-state index in [9.17, 15) is 13.2 Å². The van der Waals surface area contributed by atoms with Crippen molar-refractivity contribution >= 4 is 37.3 Å². The van der Waals surface area contributed by atoms with Crippen molar-refractivity contribution < 1.29 is 13.2 Å². The van der Waals surface area contributed by atoms with Gasteiger partial charge in [0.25, 0.3) is 5.91 Å². The van der Waals surface area contributed by atoms with E-state index in [1.807, 2.05) is 30.0 Å². The van der Waals surface area contributed by atoms with Crippen molar-refractivity contribution in [2.45, 2.75) is 49.9 Å². The second-order valence-corrected chi connectivity index (χ2v) is 10.5. The topological polar surface area (TPSA) is 67.3 Å². The molecule has 2 bridgehead atoms. The summed E-state index contributed by atoms with van der Waals surface area (Å²) in [5.74, 6) is 0.0300. The van der Waals surface area contributed by atoms with Crippen molar-refractivity contribution in [3.63, 3.8) is 0 Å². The van der Waals surface area contributed by atoms with E-state index < -0.39 is 9.84 Å². The second-order valence-electron chi connectivity index (χ2n) is 6.94. The van der Waals surface area contributed by atoms with Crippen molar-refractivity contribution in [1.82, 2.24) is 9.88 Å². The van der Waals surface area contributed by atoms with Crippen molar-refractivity contribution in [3.8, 4) is 0 Å². The van der Waals surface area contributed by atoms with E-state index in [4.69, 9.17) is 0 Å². The first-order chi connectivity index (χ1) is 11.3. The van der Waals surface area contributed by atoms with Crippen LogP contribution in [-0.4, -0.2) is 47.8 Å². The third-order valence-electron chi connectivity index (χ3n) is 5.27. The molecule has 2 aliphatic heterocycles. The third-order valence-corrected chi connectivity index (χ3v) is 7.80. The van der Waals surface area contributed by atoms with Gasteiger partial charge in [0, 0.05) is 23.9 Å². The minimum Gasteiger partial charge on any atom is -0.333 e. The largest absolute Gasteiger partial charge is 0.333 e. The van der Waals surface area contributed by atoms with Gasteiger partial charge in [-0.2, -0.15) is 0 Å². The SMILES string of the molecule is Cc1nc2ccc(C(=O)N3C4CCC3CC(S(C)(=O)=O)C4)cc2s1.